The average Bonchev–Trinajstić information content (AvgIpc) is 3.43. The zero-order chi connectivity index (χ0) is 25.2. The minimum Gasteiger partial charge on any atom is -0.474 e. The van der Waals surface area contributed by atoms with Crippen molar-refractivity contribution in [2.45, 2.75) is 107 Å². The quantitative estimate of drug-likeness (QED) is 0.431. The van der Waals surface area contributed by atoms with Crippen LogP contribution in [0.2, 0.25) is 0 Å². The molecular formula is C26H41N3O5S. The number of aromatic nitrogens is 1. The molecule has 1 heterocycles. The Bertz CT molecular complexity index is 896. The molecule has 2 bridgehead atoms. The van der Waals surface area contributed by atoms with E-state index in [-0.39, 0.29) is 48.7 Å². The summed E-state index contributed by atoms with van der Waals surface area (Å²) in [4.78, 5) is 25.6. The van der Waals surface area contributed by atoms with Crippen LogP contribution in [0.5, 0.6) is 5.88 Å². The van der Waals surface area contributed by atoms with Crippen molar-refractivity contribution in [3.8, 4) is 5.88 Å². The number of aliphatic hydroxyl groups is 1. The lowest BCUT2D eigenvalue weighted by Crippen LogP contribution is -2.52. The smallest absolute Gasteiger partial charge is 0.291 e. The van der Waals surface area contributed by atoms with Crippen LogP contribution >= 0.6 is 11.8 Å². The summed E-state index contributed by atoms with van der Waals surface area (Å²) in [5.74, 6) is 1.11. The Labute approximate surface area is 212 Å². The first-order valence-corrected chi connectivity index (χ1v) is 14.1. The van der Waals surface area contributed by atoms with E-state index in [1.54, 1.807) is 11.8 Å². The van der Waals surface area contributed by atoms with Gasteiger partial charge in [-0.1, -0.05) is 40.0 Å². The van der Waals surface area contributed by atoms with Crippen LogP contribution in [0, 0.1) is 23.2 Å². The predicted molar refractivity (Wildman–Crippen MR) is 134 cm³/mol. The minimum atomic E-state index is -0.461. The molecule has 1 aromatic rings. The van der Waals surface area contributed by atoms with Crippen LogP contribution in [-0.2, 0) is 4.79 Å². The maximum absolute atomic E-state index is 13.5. The van der Waals surface area contributed by atoms with Crippen LogP contribution in [0.4, 0.5) is 0 Å². The van der Waals surface area contributed by atoms with Gasteiger partial charge in [-0.3, -0.25) is 9.59 Å². The SMILES string of the molecule is CCC1CC2CC(C[C@@H](O)C2)[C@@H]1NC(=O)c1onc(OCC(C)(C)CC(N)=O)c1SC1CCCC1. The summed E-state index contributed by atoms with van der Waals surface area (Å²) in [6.45, 7) is 6.24. The van der Waals surface area contributed by atoms with E-state index >= 15 is 0 Å². The van der Waals surface area contributed by atoms with Gasteiger partial charge in [0.1, 0.15) is 4.90 Å². The largest absolute Gasteiger partial charge is 0.474 e. The van der Waals surface area contributed by atoms with Crippen molar-refractivity contribution in [1.82, 2.24) is 10.5 Å². The molecule has 0 saturated heterocycles. The van der Waals surface area contributed by atoms with Crippen LogP contribution in [0.1, 0.15) is 95.5 Å². The third kappa shape index (κ3) is 6.53. The molecule has 0 aliphatic heterocycles. The second kappa shape index (κ2) is 11.1. The third-order valence-corrected chi connectivity index (χ3v) is 9.36. The molecule has 3 fully saturated rings. The second-order valence-corrected chi connectivity index (χ2v) is 13.0. The van der Waals surface area contributed by atoms with Crippen molar-refractivity contribution < 1.29 is 24.0 Å². The van der Waals surface area contributed by atoms with Crippen LogP contribution in [0.15, 0.2) is 9.42 Å². The molecular weight excluding hydrogens is 466 g/mol. The van der Waals surface area contributed by atoms with Crippen LogP contribution in [-0.4, -0.2) is 46.1 Å². The maximum Gasteiger partial charge on any atom is 0.291 e. The highest BCUT2D eigenvalue weighted by molar-refractivity contribution is 8.00. The van der Waals surface area contributed by atoms with Crippen molar-refractivity contribution in [3.63, 3.8) is 0 Å². The molecule has 5 atom stereocenters. The first-order valence-electron chi connectivity index (χ1n) is 13.2. The molecule has 2 amide bonds. The molecule has 3 unspecified atom stereocenters. The average molecular weight is 508 g/mol. The Morgan fingerprint density at radius 1 is 1.23 bits per heavy atom. The Morgan fingerprint density at radius 3 is 2.66 bits per heavy atom. The number of amides is 2. The lowest BCUT2D eigenvalue weighted by atomic mass is 9.64. The number of nitrogens with two attached hydrogens (primary N) is 1. The molecule has 0 aromatic carbocycles. The molecule has 196 valence electrons. The third-order valence-electron chi connectivity index (χ3n) is 7.96. The van der Waals surface area contributed by atoms with Gasteiger partial charge in [0.25, 0.3) is 11.8 Å². The highest BCUT2D eigenvalue weighted by Gasteiger charge is 2.43. The summed E-state index contributed by atoms with van der Waals surface area (Å²) in [6, 6.07) is 0.0204. The second-order valence-electron chi connectivity index (χ2n) is 11.7. The van der Waals surface area contributed by atoms with Crippen molar-refractivity contribution in [2.24, 2.45) is 28.9 Å². The highest BCUT2D eigenvalue weighted by Crippen LogP contribution is 2.45. The van der Waals surface area contributed by atoms with E-state index in [0.29, 0.717) is 27.9 Å². The van der Waals surface area contributed by atoms with E-state index in [1.807, 2.05) is 13.8 Å². The molecule has 3 saturated carbocycles. The standard InChI is InChI=1S/C26H41N3O5S/c1-4-16-9-15-10-17(12-18(30)11-15)21(16)28-24(32)22-23(35-19-7-5-6-8-19)25(29-34-22)33-14-26(2,3)13-20(27)31/h15-19,21,30H,4-14H2,1-3H3,(H2,27,31)(H,28,32)/t15?,16?,17?,18-,21+/m0/s1. The first-order chi connectivity index (χ1) is 16.6. The number of fused-ring (bicyclic) bond motifs is 2. The lowest BCUT2D eigenvalue weighted by Gasteiger charge is -2.46. The van der Waals surface area contributed by atoms with Crippen molar-refractivity contribution in [2.75, 3.05) is 6.61 Å². The van der Waals surface area contributed by atoms with Gasteiger partial charge < -0.3 is 25.4 Å². The van der Waals surface area contributed by atoms with Gasteiger partial charge in [0.2, 0.25) is 11.7 Å². The number of ether oxygens (including phenoxy) is 1. The Kier molecular flexibility index (Phi) is 8.36. The number of primary amides is 1. The van der Waals surface area contributed by atoms with E-state index in [4.69, 9.17) is 15.0 Å². The fourth-order valence-corrected chi connectivity index (χ4v) is 7.67. The molecule has 3 aliphatic rings. The lowest BCUT2D eigenvalue weighted by molar-refractivity contribution is -0.120. The van der Waals surface area contributed by atoms with Gasteiger partial charge in [0.05, 0.1) is 12.7 Å². The Hall–Kier alpha value is -1.74. The number of thioether (sulfide) groups is 1. The molecule has 9 heteroatoms. The van der Waals surface area contributed by atoms with Crippen molar-refractivity contribution in [3.05, 3.63) is 5.76 Å². The van der Waals surface area contributed by atoms with Crippen LogP contribution < -0.4 is 15.8 Å². The fourth-order valence-electron chi connectivity index (χ4n) is 6.34. The molecule has 4 rings (SSSR count). The van der Waals surface area contributed by atoms with Crippen molar-refractivity contribution in [1.29, 1.82) is 0 Å². The topological polar surface area (TPSA) is 128 Å². The zero-order valence-electron chi connectivity index (χ0n) is 21.3. The molecule has 4 N–H and O–H groups in total. The summed E-state index contributed by atoms with van der Waals surface area (Å²) in [5, 5.41) is 18.1. The fraction of sp³-hybridized carbons (Fsp3) is 0.808. The zero-order valence-corrected chi connectivity index (χ0v) is 22.1. The summed E-state index contributed by atoms with van der Waals surface area (Å²) in [6.07, 6.45) is 9.16. The van der Waals surface area contributed by atoms with E-state index in [9.17, 15) is 14.7 Å². The number of nitrogens with one attached hydrogen (secondary N) is 1. The highest BCUT2D eigenvalue weighted by atomic mass is 32.2. The van der Waals surface area contributed by atoms with E-state index in [0.717, 1.165) is 44.9 Å². The predicted octanol–water partition coefficient (Wildman–Crippen LogP) is 4.30. The first kappa shape index (κ1) is 26.3. The number of aliphatic hydroxyl groups excluding tert-OH is 1. The molecule has 3 aliphatic carbocycles. The van der Waals surface area contributed by atoms with E-state index in [1.165, 1.54) is 12.8 Å². The van der Waals surface area contributed by atoms with E-state index < -0.39 is 5.41 Å². The molecule has 8 nitrogen and oxygen atoms in total. The number of carbonyl (C=O) groups excluding carboxylic acids is 2. The maximum atomic E-state index is 13.5. The normalized spacial score (nSPS) is 29.2. The summed E-state index contributed by atoms with van der Waals surface area (Å²) in [5.41, 5.74) is 4.92. The molecule has 35 heavy (non-hydrogen) atoms. The number of nitrogens with zero attached hydrogens (tertiary/aromatic N) is 1. The number of rotatable bonds is 10. The summed E-state index contributed by atoms with van der Waals surface area (Å²) < 4.78 is 11.6. The Morgan fingerprint density at radius 2 is 1.97 bits per heavy atom. The van der Waals surface area contributed by atoms with Gasteiger partial charge in [0.15, 0.2) is 0 Å². The molecule has 0 spiro atoms. The van der Waals surface area contributed by atoms with E-state index in [2.05, 4.69) is 17.4 Å². The van der Waals surface area contributed by atoms with Gasteiger partial charge in [-0.25, -0.2) is 0 Å². The van der Waals surface area contributed by atoms with Gasteiger partial charge >= 0.3 is 0 Å². The summed E-state index contributed by atoms with van der Waals surface area (Å²) in [7, 11) is 0. The molecule has 0 radical (unpaired) electrons. The van der Waals surface area contributed by atoms with Gasteiger partial charge in [0, 0.05) is 23.1 Å². The monoisotopic (exact) mass is 507 g/mol. The minimum absolute atomic E-state index is 0.0204. The number of carbonyl (C=O) groups is 2. The number of hydrogen-bond acceptors (Lipinski definition) is 7. The van der Waals surface area contributed by atoms with Crippen molar-refractivity contribution >= 4 is 23.6 Å². The van der Waals surface area contributed by atoms with Crippen LogP contribution in [0.3, 0.4) is 0 Å². The molecule has 1 aromatic heterocycles. The van der Waals surface area contributed by atoms with Gasteiger partial charge in [-0.05, 0) is 61.4 Å². The van der Waals surface area contributed by atoms with Crippen LogP contribution in [0.25, 0.3) is 0 Å². The van der Waals surface area contributed by atoms with Gasteiger partial charge in [-0.15, -0.1) is 11.8 Å². The Balaban J connectivity index is 1.52. The number of hydrogen-bond donors (Lipinski definition) is 3. The summed E-state index contributed by atoms with van der Waals surface area (Å²) >= 11 is 1.62. The van der Waals surface area contributed by atoms with Gasteiger partial charge in [-0.2, -0.15) is 0 Å².